The number of hydrogen-bond donors (Lipinski definition) is 1. The minimum atomic E-state index is -0.114. The molecule has 0 bridgehead atoms. The Labute approximate surface area is 166 Å². The van der Waals surface area contributed by atoms with E-state index in [1.54, 1.807) is 32.4 Å². The number of carbonyl (C=O) groups excluding carboxylic acids is 1. The molecule has 1 aliphatic rings. The van der Waals surface area contributed by atoms with Crippen LogP contribution in [-0.2, 0) is 0 Å². The third-order valence-corrected chi connectivity index (χ3v) is 5.03. The Bertz CT molecular complexity index is 790. The molecule has 0 spiro atoms. The molecule has 28 heavy (non-hydrogen) atoms. The third kappa shape index (κ3) is 4.91. The van der Waals surface area contributed by atoms with Crippen molar-refractivity contribution in [3.8, 4) is 11.5 Å². The fraction of sp³-hybridized carbons (Fsp3) is 0.476. The number of aromatic nitrogens is 2. The van der Waals surface area contributed by atoms with E-state index in [1.807, 2.05) is 19.9 Å². The molecule has 3 rings (SSSR count). The van der Waals surface area contributed by atoms with E-state index in [0.717, 1.165) is 43.3 Å². The molecule has 7 heteroatoms. The summed E-state index contributed by atoms with van der Waals surface area (Å²) < 4.78 is 10.5. The molecule has 7 nitrogen and oxygen atoms in total. The first-order valence-electron chi connectivity index (χ1n) is 9.57. The summed E-state index contributed by atoms with van der Waals surface area (Å²) in [6.45, 7) is 6.44. The molecule has 0 saturated carbocycles. The molecule has 0 radical (unpaired) electrons. The summed E-state index contributed by atoms with van der Waals surface area (Å²) in [5.41, 5.74) is 2.52. The monoisotopic (exact) mass is 384 g/mol. The zero-order valence-electron chi connectivity index (χ0n) is 17.0. The van der Waals surface area contributed by atoms with E-state index in [0.29, 0.717) is 29.5 Å². The van der Waals surface area contributed by atoms with Gasteiger partial charge in [-0.05, 0) is 50.8 Å². The second kappa shape index (κ2) is 8.91. The molecule has 1 saturated heterocycles. The van der Waals surface area contributed by atoms with Crippen LogP contribution in [0.2, 0.25) is 0 Å². The van der Waals surface area contributed by atoms with Crippen LogP contribution in [0.3, 0.4) is 0 Å². The Kier molecular flexibility index (Phi) is 6.34. The van der Waals surface area contributed by atoms with Gasteiger partial charge in [0.15, 0.2) is 0 Å². The van der Waals surface area contributed by atoms with Crippen LogP contribution in [0.25, 0.3) is 0 Å². The lowest BCUT2D eigenvalue weighted by atomic mass is 9.97. The van der Waals surface area contributed by atoms with Crippen molar-refractivity contribution in [2.75, 3.05) is 38.8 Å². The van der Waals surface area contributed by atoms with Crippen molar-refractivity contribution in [2.45, 2.75) is 26.7 Å². The number of nitrogens with one attached hydrogen (secondary N) is 1. The number of piperidine rings is 1. The van der Waals surface area contributed by atoms with E-state index in [2.05, 4.69) is 20.2 Å². The van der Waals surface area contributed by atoms with Gasteiger partial charge in [0.25, 0.3) is 5.91 Å². The highest BCUT2D eigenvalue weighted by Gasteiger charge is 2.22. The van der Waals surface area contributed by atoms with Crippen LogP contribution in [0.4, 0.5) is 5.95 Å². The maximum absolute atomic E-state index is 12.5. The number of amides is 1. The van der Waals surface area contributed by atoms with E-state index >= 15 is 0 Å². The van der Waals surface area contributed by atoms with Gasteiger partial charge in [-0.2, -0.15) is 0 Å². The first kappa shape index (κ1) is 19.9. The van der Waals surface area contributed by atoms with E-state index in [9.17, 15) is 4.79 Å². The fourth-order valence-electron chi connectivity index (χ4n) is 3.46. The average Bonchev–Trinajstić information content (AvgIpc) is 2.71. The lowest BCUT2D eigenvalue weighted by Gasteiger charge is -2.32. The van der Waals surface area contributed by atoms with Gasteiger partial charge in [-0.15, -0.1) is 0 Å². The molecule has 1 fully saturated rings. The van der Waals surface area contributed by atoms with Gasteiger partial charge in [-0.1, -0.05) is 0 Å². The Morgan fingerprint density at radius 3 is 2.14 bits per heavy atom. The van der Waals surface area contributed by atoms with Crippen LogP contribution in [0.1, 0.15) is 34.6 Å². The largest absolute Gasteiger partial charge is 0.497 e. The molecule has 1 aromatic carbocycles. The smallest absolute Gasteiger partial charge is 0.251 e. The predicted octanol–water partition coefficient (Wildman–Crippen LogP) is 2.76. The van der Waals surface area contributed by atoms with Crippen molar-refractivity contribution < 1.29 is 14.3 Å². The van der Waals surface area contributed by atoms with Crippen molar-refractivity contribution in [1.29, 1.82) is 0 Å². The molecule has 1 N–H and O–H groups in total. The molecule has 1 aromatic heterocycles. The summed E-state index contributed by atoms with van der Waals surface area (Å²) in [6, 6.07) is 7.18. The summed E-state index contributed by atoms with van der Waals surface area (Å²) in [7, 11) is 3.15. The van der Waals surface area contributed by atoms with Crippen LogP contribution in [0, 0.1) is 19.8 Å². The third-order valence-electron chi connectivity index (χ3n) is 5.03. The molecule has 1 aliphatic heterocycles. The molecule has 1 amide bonds. The molecule has 0 aliphatic carbocycles. The number of ether oxygens (including phenoxy) is 2. The topological polar surface area (TPSA) is 76.6 Å². The molecule has 0 unspecified atom stereocenters. The van der Waals surface area contributed by atoms with Gasteiger partial charge < -0.3 is 19.7 Å². The quantitative estimate of drug-likeness (QED) is 0.825. The maximum Gasteiger partial charge on any atom is 0.251 e. The van der Waals surface area contributed by atoms with Crippen LogP contribution >= 0.6 is 0 Å². The zero-order valence-corrected chi connectivity index (χ0v) is 17.0. The first-order valence-corrected chi connectivity index (χ1v) is 9.57. The van der Waals surface area contributed by atoms with Crippen molar-refractivity contribution in [1.82, 2.24) is 15.3 Å². The molecule has 150 valence electrons. The summed E-state index contributed by atoms with van der Waals surface area (Å²) in [5, 5.41) is 3.04. The predicted molar refractivity (Wildman–Crippen MR) is 108 cm³/mol. The van der Waals surface area contributed by atoms with E-state index < -0.39 is 0 Å². The minimum Gasteiger partial charge on any atom is -0.497 e. The van der Waals surface area contributed by atoms with Gasteiger partial charge in [0.2, 0.25) is 5.95 Å². The highest BCUT2D eigenvalue weighted by atomic mass is 16.5. The maximum atomic E-state index is 12.5. The number of rotatable bonds is 6. The van der Waals surface area contributed by atoms with Crippen molar-refractivity contribution >= 4 is 11.9 Å². The number of methoxy groups -OCH3 is 2. The highest BCUT2D eigenvalue weighted by molar-refractivity contribution is 5.95. The number of nitrogens with zero attached hydrogens (tertiary/aromatic N) is 3. The normalized spacial score (nSPS) is 14.6. The van der Waals surface area contributed by atoms with Gasteiger partial charge in [-0.25, -0.2) is 9.97 Å². The SMILES string of the molecule is COc1cc(OC)cc(C(=O)NCC2CCN(c3nc(C)cc(C)n3)CC2)c1. The number of aryl methyl sites for hydroxylation is 2. The van der Waals surface area contributed by atoms with Gasteiger partial charge in [0.1, 0.15) is 11.5 Å². The fourth-order valence-corrected chi connectivity index (χ4v) is 3.46. The first-order chi connectivity index (χ1) is 13.5. The summed E-state index contributed by atoms with van der Waals surface area (Å²) in [4.78, 5) is 23.9. The summed E-state index contributed by atoms with van der Waals surface area (Å²) in [6.07, 6.45) is 2.00. The zero-order chi connectivity index (χ0) is 20.1. The lowest BCUT2D eigenvalue weighted by molar-refractivity contribution is 0.0944. The van der Waals surface area contributed by atoms with Gasteiger partial charge >= 0.3 is 0 Å². The van der Waals surface area contributed by atoms with Crippen LogP contribution in [-0.4, -0.2) is 49.7 Å². The molecule has 2 heterocycles. The van der Waals surface area contributed by atoms with Crippen LogP contribution in [0.5, 0.6) is 11.5 Å². The molecule has 2 aromatic rings. The van der Waals surface area contributed by atoms with Crippen molar-refractivity contribution in [2.24, 2.45) is 5.92 Å². The van der Waals surface area contributed by atoms with E-state index in [1.165, 1.54) is 0 Å². The molecular formula is C21H28N4O3. The minimum absolute atomic E-state index is 0.114. The summed E-state index contributed by atoms with van der Waals surface area (Å²) in [5.74, 6) is 2.34. The Balaban J connectivity index is 1.53. The second-order valence-electron chi connectivity index (χ2n) is 7.19. The summed E-state index contributed by atoms with van der Waals surface area (Å²) >= 11 is 0. The standard InChI is InChI=1S/C21H28N4O3/c1-14-9-15(2)24-21(23-14)25-7-5-16(6-8-25)13-22-20(26)17-10-18(27-3)12-19(11-17)28-4/h9-12,16H,5-8,13H2,1-4H3,(H,22,26). The van der Waals surface area contributed by atoms with Crippen LogP contribution in [0.15, 0.2) is 24.3 Å². The number of benzene rings is 1. The highest BCUT2D eigenvalue weighted by Crippen LogP contribution is 2.23. The lowest BCUT2D eigenvalue weighted by Crippen LogP contribution is -2.39. The number of carbonyl (C=O) groups is 1. The Morgan fingerprint density at radius 1 is 1.04 bits per heavy atom. The van der Waals surface area contributed by atoms with Gasteiger partial charge in [-0.3, -0.25) is 4.79 Å². The molecule has 0 atom stereocenters. The Hall–Kier alpha value is -2.83. The van der Waals surface area contributed by atoms with E-state index in [-0.39, 0.29) is 5.91 Å². The number of hydrogen-bond acceptors (Lipinski definition) is 6. The van der Waals surface area contributed by atoms with Gasteiger partial charge in [0.05, 0.1) is 14.2 Å². The van der Waals surface area contributed by atoms with Crippen molar-refractivity contribution in [3.05, 3.63) is 41.2 Å². The Morgan fingerprint density at radius 2 is 1.61 bits per heavy atom. The van der Waals surface area contributed by atoms with Crippen LogP contribution < -0.4 is 19.7 Å². The second-order valence-corrected chi connectivity index (χ2v) is 7.19. The van der Waals surface area contributed by atoms with E-state index in [4.69, 9.17) is 9.47 Å². The average molecular weight is 384 g/mol. The molecular weight excluding hydrogens is 356 g/mol. The van der Waals surface area contributed by atoms with Crippen molar-refractivity contribution in [3.63, 3.8) is 0 Å². The van der Waals surface area contributed by atoms with Gasteiger partial charge in [0, 0.05) is 42.7 Å². The number of anilines is 1.